The lowest BCUT2D eigenvalue weighted by Crippen LogP contribution is -2.57. The van der Waals surface area contributed by atoms with Gasteiger partial charge in [0.1, 0.15) is 0 Å². The molecule has 26 heavy (non-hydrogen) atoms. The van der Waals surface area contributed by atoms with Crippen LogP contribution in [0, 0.1) is 0 Å². The standard InChI is InChI=1S/C15H29N5O3S2.ClH/c1-17-3-7-19(8-4-17)25(22,23)20-9-5-18(6-10-20)15(21)12-14-13-24-11-2-16-14;/h14,16H,2-13H2,1H3;1H. The molecule has 3 saturated heterocycles. The van der Waals surface area contributed by atoms with Crippen LogP contribution >= 0.6 is 24.2 Å². The normalized spacial score (nSPS) is 27.1. The molecule has 0 aromatic heterocycles. The first-order chi connectivity index (χ1) is 12.0. The molecule has 1 N–H and O–H groups in total. The van der Waals surface area contributed by atoms with E-state index < -0.39 is 10.2 Å². The second kappa shape index (κ2) is 9.90. The molecule has 3 fully saturated rings. The summed E-state index contributed by atoms with van der Waals surface area (Å²) in [6.07, 6.45) is 0.512. The highest BCUT2D eigenvalue weighted by Crippen LogP contribution is 2.16. The number of halogens is 1. The predicted octanol–water partition coefficient (Wildman–Crippen LogP) is -0.860. The Balaban J connectivity index is 0.00000243. The van der Waals surface area contributed by atoms with E-state index in [1.54, 1.807) is 4.31 Å². The molecule has 3 heterocycles. The number of nitrogens with one attached hydrogen (secondary N) is 1. The summed E-state index contributed by atoms with van der Waals surface area (Å²) in [6, 6.07) is 0.248. The molecule has 3 aliphatic heterocycles. The van der Waals surface area contributed by atoms with Crippen molar-refractivity contribution >= 4 is 40.3 Å². The SMILES string of the molecule is CN1CCN(S(=O)(=O)N2CCN(C(=O)CC3CSCCN3)CC2)CC1.Cl. The minimum Gasteiger partial charge on any atom is -0.340 e. The first kappa shape index (κ1) is 22.2. The Morgan fingerprint density at radius 1 is 1.04 bits per heavy atom. The zero-order valence-electron chi connectivity index (χ0n) is 15.3. The number of carbonyl (C=O) groups excluding carboxylic acids is 1. The van der Waals surface area contributed by atoms with Crippen molar-refractivity contribution in [3.8, 4) is 0 Å². The van der Waals surface area contributed by atoms with E-state index in [4.69, 9.17) is 0 Å². The van der Waals surface area contributed by atoms with Crippen LogP contribution in [0.2, 0.25) is 0 Å². The number of amides is 1. The highest BCUT2D eigenvalue weighted by Gasteiger charge is 2.34. The van der Waals surface area contributed by atoms with E-state index in [-0.39, 0.29) is 24.4 Å². The number of rotatable bonds is 4. The summed E-state index contributed by atoms with van der Waals surface area (Å²) in [7, 11) is -1.39. The van der Waals surface area contributed by atoms with Crippen LogP contribution in [0.4, 0.5) is 0 Å². The van der Waals surface area contributed by atoms with Crippen LogP contribution in [-0.2, 0) is 15.0 Å². The van der Waals surface area contributed by atoms with E-state index >= 15 is 0 Å². The van der Waals surface area contributed by atoms with Crippen LogP contribution in [0.3, 0.4) is 0 Å². The van der Waals surface area contributed by atoms with Gasteiger partial charge in [0.2, 0.25) is 5.91 Å². The van der Waals surface area contributed by atoms with Crippen LogP contribution < -0.4 is 5.32 Å². The van der Waals surface area contributed by atoms with E-state index in [2.05, 4.69) is 10.2 Å². The fourth-order valence-corrected chi connectivity index (χ4v) is 5.97. The summed E-state index contributed by atoms with van der Waals surface area (Å²) >= 11 is 1.88. The van der Waals surface area contributed by atoms with Gasteiger partial charge < -0.3 is 15.1 Å². The lowest BCUT2D eigenvalue weighted by atomic mass is 10.2. The minimum atomic E-state index is -3.40. The van der Waals surface area contributed by atoms with Gasteiger partial charge in [-0.15, -0.1) is 12.4 Å². The number of nitrogens with zero attached hydrogens (tertiary/aromatic N) is 4. The van der Waals surface area contributed by atoms with Gasteiger partial charge in [0, 0.05) is 82.9 Å². The molecule has 0 aliphatic carbocycles. The number of likely N-dealkylation sites (N-methyl/N-ethyl adjacent to an activating group) is 1. The number of hydrogen-bond acceptors (Lipinski definition) is 6. The Morgan fingerprint density at radius 3 is 2.15 bits per heavy atom. The Morgan fingerprint density at radius 2 is 1.62 bits per heavy atom. The summed E-state index contributed by atoms with van der Waals surface area (Å²) in [5.74, 6) is 2.22. The first-order valence-corrected chi connectivity index (χ1v) is 11.5. The van der Waals surface area contributed by atoms with Crippen molar-refractivity contribution in [1.29, 1.82) is 0 Å². The van der Waals surface area contributed by atoms with Crippen LogP contribution in [0.25, 0.3) is 0 Å². The van der Waals surface area contributed by atoms with E-state index in [0.717, 1.165) is 31.1 Å². The molecule has 1 unspecified atom stereocenters. The van der Waals surface area contributed by atoms with Crippen LogP contribution in [0.5, 0.6) is 0 Å². The molecule has 3 rings (SSSR count). The zero-order chi connectivity index (χ0) is 17.9. The fraction of sp³-hybridized carbons (Fsp3) is 0.933. The molecule has 0 aromatic carbocycles. The molecule has 152 valence electrons. The number of hydrogen-bond donors (Lipinski definition) is 1. The summed E-state index contributed by atoms with van der Waals surface area (Å²) in [5.41, 5.74) is 0. The predicted molar refractivity (Wildman–Crippen MR) is 107 cm³/mol. The average molecular weight is 428 g/mol. The largest absolute Gasteiger partial charge is 0.340 e. The topological polar surface area (TPSA) is 76.2 Å². The quantitative estimate of drug-likeness (QED) is 0.629. The Bertz CT molecular complexity index is 558. The van der Waals surface area contributed by atoms with Crippen molar-refractivity contribution in [3.05, 3.63) is 0 Å². The van der Waals surface area contributed by atoms with Crippen LogP contribution in [-0.4, -0.2) is 116 Å². The molecule has 1 amide bonds. The highest BCUT2D eigenvalue weighted by molar-refractivity contribution is 7.99. The zero-order valence-corrected chi connectivity index (χ0v) is 17.8. The van der Waals surface area contributed by atoms with E-state index in [9.17, 15) is 13.2 Å². The average Bonchev–Trinajstić information content (AvgIpc) is 2.63. The van der Waals surface area contributed by atoms with Crippen molar-refractivity contribution in [2.75, 3.05) is 77.5 Å². The molecule has 0 radical (unpaired) electrons. The molecule has 0 bridgehead atoms. The summed E-state index contributed by atoms with van der Waals surface area (Å²) in [6.45, 7) is 5.36. The third kappa shape index (κ3) is 5.46. The van der Waals surface area contributed by atoms with E-state index in [1.807, 2.05) is 23.7 Å². The van der Waals surface area contributed by atoms with E-state index in [1.165, 1.54) is 4.31 Å². The lowest BCUT2D eigenvalue weighted by Gasteiger charge is -2.39. The lowest BCUT2D eigenvalue weighted by molar-refractivity contribution is -0.132. The highest BCUT2D eigenvalue weighted by atomic mass is 35.5. The van der Waals surface area contributed by atoms with Crippen LogP contribution in [0.1, 0.15) is 6.42 Å². The van der Waals surface area contributed by atoms with Crippen molar-refractivity contribution < 1.29 is 13.2 Å². The van der Waals surface area contributed by atoms with Gasteiger partial charge >= 0.3 is 0 Å². The second-order valence-electron chi connectivity index (χ2n) is 6.92. The van der Waals surface area contributed by atoms with Crippen LogP contribution in [0.15, 0.2) is 0 Å². The smallest absolute Gasteiger partial charge is 0.282 e. The van der Waals surface area contributed by atoms with Crippen molar-refractivity contribution in [2.45, 2.75) is 12.5 Å². The number of carbonyl (C=O) groups is 1. The molecule has 0 aromatic rings. The second-order valence-corrected chi connectivity index (χ2v) is 10.00. The Labute approximate surface area is 167 Å². The Kier molecular flexibility index (Phi) is 8.45. The van der Waals surface area contributed by atoms with Gasteiger partial charge in [-0.1, -0.05) is 0 Å². The third-order valence-electron chi connectivity index (χ3n) is 5.13. The van der Waals surface area contributed by atoms with Gasteiger partial charge in [0.25, 0.3) is 10.2 Å². The van der Waals surface area contributed by atoms with Crippen molar-refractivity contribution in [3.63, 3.8) is 0 Å². The number of piperazine rings is 2. The van der Waals surface area contributed by atoms with Gasteiger partial charge in [-0.25, -0.2) is 0 Å². The van der Waals surface area contributed by atoms with Gasteiger partial charge in [0.15, 0.2) is 0 Å². The molecule has 0 saturated carbocycles. The van der Waals surface area contributed by atoms with E-state index in [0.29, 0.717) is 45.7 Å². The van der Waals surface area contributed by atoms with Crippen molar-refractivity contribution in [2.24, 2.45) is 0 Å². The maximum absolute atomic E-state index is 12.8. The molecular formula is C15H30ClN5O3S2. The van der Waals surface area contributed by atoms with Crippen molar-refractivity contribution in [1.82, 2.24) is 23.7 Å². The molecular weight excluding hydrogens is 398 g/mol. The van der Waals surface area contributed by atoms with Gasteiger partial charge in [-0.3, -0.25) is 4.79 Å². The minimum absolute atomic E-state index is 0. The summed E-state index contributed by atoms with van der Waals surface area (Å²) < 4.78 is 28.6. The van der Waals surface area contributed by atoms with Gasteiger partial charge in [-0.2, -0.15) is 28.8 Å². The summed E-state index contributed by atoms with van der Waals surface area (Å²) in [5, 5.41) is 3.38. The molecule has 0 spiro atoms. The Hall–Kier alpha value is -0.100. The monoisotopic (exact) mass is 427 g/mol. The third-order valence-corrected chi connectivity index (χ3v) is 8.29. The maximum atomic E-state index is 12.8. The molecule has 11 heteroatoms. The fourth-order valence-electron chi connectivity index (χ4n) is 3.44. The maximum Gasteiger partial charge on any atom is 0.282 e. The van der Waals surface area contributed by atoms with Gasteiger partial charge in [0.05, 0.1) is 0 Å². The summed E-state index contributed by atoms with van der Waals surface area (Å²) in [4.78, 5) is 16.4. The van der Waals surface area contributed by atoms with Gasteiger partial charge in [-0.05, 0) is 7.05 Å². The first-order valence-electron chi connectivity index (χ1n) is 8.99. The molecule has 3 aliphatic rings. The molecule has 8 nitrogen and oxygen atoms in total. The molecule has 1 atom stereocenters. The number of thioether (sulfide) groups is 1.